The van der Waals surface area contributed by atoms with Crippen LogP contribution in [0.1, 0.15) is 36.7 Å². The Bertz CT molecular complexity index is 1150. The topological polar surface area (TPSA) is 109 Å². The van der Waals surface area contributed by atoms with E-state index in [-0.39, 0.29) is 30.7 Å². The summed E-state index contributed by atoms with van der Waals surface area (Å²) in [4.78, 5) is 39.1. The van der Waals surface area contributed by atoms with Crippen molar-refractivity contribution in [1.82, 2.24) is 30.1 Å². The summed E-state index contributed by atoms with van der Waals surface area (Å²) in [6, 6.07) is 14.0. The maximum absolute atomic E-state index is 12.8. The summed E-state index contributed by atoms with van der Waals surface area (Å²) in [7, 11) is 0. The third kappa shape index (κ3) is 5.56. The monoisotopic (exact) mass is 480 g/mol. The van der Waals surface area contributed by atoms with Crippen LogP contribution in [0.25, 0.3) is 5.65 Å². The number of nitrogens with zero attached hydrogens (tertiary/aromatic N) is 4. The quantitative estimate of drug-likeness (QED) is 0.409. The first-order chi connectivity index (χ1) is 16.6. The summed E-state index contributed by atoms with van der Waals surface area (Å²) in [5, 5.41) is 14.2. The number of hydrogen-bond donors (Lipinski definition) is 2. The molecule has 1 aromatic carbocycles. The summed E-state index contributed by atoms with van der Waals surface area (Å²) >= 11 is 1.69. The number of benzene rings is 1. The largest absolute Gasteiger partial charge is 0.346 e. The van der Waals surface area contributed by atoms with Crippen LogP contribution in [0.2, 0.25) is 0 Å². The average molecular weight is 481 g/mol. The Morgan fingerprint density at radius 2 is 1.94 bits per heavy atom. The summed E-state index contributed by atoms with van der Waals surface area (Å²) in [5.74, 6) is 1.05. The number of imide groups is 1. The highest BCUT2D eigenvalue weighted by atomic mass is 32.2. The first-order valence-electron chi connectivity index (χ1n) is 11.3. The highest BCUT2D eigenvalue weighted by Crippen LogP contribution is 2.19. The van der Waals surface area contributed by atoms with E-state index in [2.05, 4.69) is 20.8 Å². The molecule has 0 aliphatic carbocycles. The van der Waals surface area contributed by atoms with Gasteiger partial charge in [0.2, 0.25) is 5.91 Å². The van der Waals surface area contributed by atoms with Crippen LogP contribution in [-0.2, 0) is 16.0 Å². The maximum atomic E-state index is 12.8. The number of aromatic nitrogens is 3. The van der Waals surface area contributed by atoms with E-state index in [1.807, 2.05) is 65.4 Å². The van der Waals surface area contributed by atoms with Gasteiger partial charge in [-0.1, -0.05) is 36.4 Å². The van der Waals surface area contributed by atoms with Crippen molar-refractivity contribution in [1.29, 1.82) is 0 Å². The molecular weight excluding hydrogens is 452 g/mol. The Balaban J connectivity index is 1.33. The second-order valence-corrected chi connectivity index (χ2v) is 9.14. The van der Waals surface area contributed by atoms with Crippen LogP contribution in [0.4, 0.5) is 4.79 Å². The Hall–Kier alpha value is -3.40. The lowest BCUT2D eigenvalue weighted by Crippen LogP contribution is -2.35. The molecule has 1 aliphatic heterocycles. The van der Waals surface area contributed by atoms with Gasteiger partial charge in [0, 0.05) is 19.2 Å². The molecule has 0 radical (unpaired) electrons. The molecule has 10 heteroatoms. The average Bonchev–Trinajstić information content (AvgIpc) is 3.40. The van der Waals surface area contributed by atoms with Crippen LogP contribution in [0.5, 0.6) is 0 Å². The van der Waals surface area contributed by atoms with E-state index in [0.717, 1.165) is 17.0 Å². The Kier molecular flexibility index (Phi) is 7.79. The number of urea groups is 1. The lowest BCUT2D eigenvalue weighted by molar-refractivity contribution is -0.127. The van der Waals surface area contributed by atoms with Crippen molar-refractivity contribution in [3.63, 3.8) is 0 Å². The third-order valence-electron chi connectivity index (χ3n) is 5.83. The number of fused-ring (bicyclic) bond motifs is 1. The molecule has 0 spiro atoms. The molecule has 1 saturated heterocycles. The Morgan fingerprint density at radius 1 is 1.15 bits per heavy atom. The van der Waals surface area contributed by atoms with Gasteiger partial charge in [-0.3, -0.25) is 18.9 Å². The van der Waals surface area contributed by atoms with Crippen molar-refractivity contribution in [3.8, 4) is 0 Å². The summed E-state index contributed by atoms with van der Waals surface area (Å²) in [6.45, 7) is 0.314. The number of carbonyl (C=O) groups is 3. The van der Waals surface area contributed by atoms with Crippen molar-refractivity contribution < 1.29 is 14.4 Å². The van der Waals surface area contributed by atoms with Gasteiger partial charge in [0.05, 0.1) is 6.04 Å². The number of rotatable bonds is 11. The van der Waals surface area contributed by atoms with E-state index in [9.17, 15) is 14.4 Å². The Labute approximate surface area is 202 Å². The zero-order chi connectivity index (χ0) is 23.9. The van der Waals surface area contributed by atoms with Crippen molar-refractivity contribution >= 4 is 35.3 Å². The van der Waals surface area contributed by atoms with E-state index < -0.39 is 12.1 Å². The van der Waals surface area contributed by atoms with Gasteiger partial charge in [0.25, 0.3) is 5.91 Å². The van der Waals surface area contributed by atoms with Crippen molar-refractivity contribution in [3.05, 3.63) is 66.1 Å². The SMILES string of the molecule is CSCC[C@@H](NC(=O)CC[C@H]1NC(=O)N(CCc2ccccc2)C1=O)c1nnc2ccccn12. The Morgan fingerprint density at radius 3 is 2.74 bits per heavy atom. The standard InChI is InChI=1S/C24H28N6O3S/c1-34-16-13-18(22-28-27-20-9-5-6-14-29(20)22)25-21(31)11-10-19-23(32)30(24(33)26-19)15-12-17-7-3-2-4-8-17/h2-9,14,18-19H,10-13,15-16H2,1H3,(H,25,31)(H,26,33)/t18-,19-/m1/s1. The molecule has 4 amide bonds. The molecule has 9 nitrogen and oxygen atoms in total. The van der Waals surface area contributed by atoms with Crippen molar-refractivity contribution in [2.45, 2.75) is 37.8 Å². The van der Waals surface area contributed by atoms with E-state index in [4.69, 9.17) is 0 Å². The molecule has 1 aliphatic rings. The molecule has 0 saturated carbocycles. The van der Waals surface area contributed by atoms with Crippen LogP contribution in [0.15, 0.2) is 54.7 Å². The van der Waals surface area contributed by atoms with Crippen LogP contribution < -0.4 is 10.6 Å². The van der Waals surface area contributed by atoms with E-state index in [1.165, 1.54) is 4.90 Å². The smallest absolute Gasteiger partial charge is 0.324 e. The highest BCUT2D eigenvalue weighted by molar-refractivity contribution is 7.98. The van der Waals surface area contributed by atoms with Crippen molar-refractivity contribution in [2.24, 2.45) is 0 Å². The first-order valence-corrected chi connectivity index (χ1v) is 12.7. The van der Waals surface area contributed by atoms with Gasteiger partial charge < -0.3 is 10.6 Å². The van der Waals surface area contributed by atoms with E-state index in [0.29, 0.717) is 25.2 Å². The molecular formula is C24H28N6O3S. The molecule has 1 fully saturated rings. The van der Waals surface area contributed by atoms with Gasteiger partial charge in [0.1, 0.15) is 6.04 Å². The van der Waals surface area contributed by atoms with E-state index in [1.54, 1.807) is 11.8 Å². The normalized spacial score (nSPS) is 16.6. The van der Waals surface area contributed by atoms with Crippen LogP contribution in [-0.4, -0.2) is 61.9 Å². The van der Waals surface area contributed by atoms with Gasteiger partial charge in [0.15, 0.2) is 11.5 Å². The minimum atomic E-state index is -0.687. The predicted molar refractivity (Wildman–Crippen MR) is 130 cm³/mol. The van der Waals surface area contributed by atoms with Gasteiger partial charge in [-0.15, -0.1) is 10.2 Å². The number of thioether (sulfide) groups is 1. The minimum Gasteiger partial charge on any atom is -0.346 e. The van der Waals surface area contributed by atoms with Gasteiger partial charge in [-0.25, -0.2) is 4.79 Å². The molecule has 0 bridgehead atoms. The fraction of sp³-hybridized carbons (Fsp3) is 0.375. The fourth-order valence-electron chi connectivity index (χ4n) is 4.01. The third-order valence-corrected chi connectivity index (χ3v) is 6.48. The molecule has 3 aromatic rings. The van der Waals surface area contributed by atoms with Crippen LogP contribution in [0, 0.1) is 0 Å². The fourth-order valence-corrected chi connectivity index (χ4v) is 4.48. The molecule has 34 heavy (non-hydrogen) atoms. The number of pyridine rings is 1. The molecule has 4 rings (SSSR count). The predicted octanol–water partition coefficient (Wildman–Crippen LogP) is 2.58. The molecule has 0 unspecified atom stereocenters. The van der Waals surface area contributed by atoms with Gasteiger partial charge in [-0.2, -0.15) is 11.8 Å². The minimum absolute atomic E-state index is 0.121. The summed E-state index contributed by atoms with van der Waals surface area (Å²) in [6.07, 6.45) is 5.55. The zero-order valence-corrected chi connectivity index (χ0v) is 19.8. The van der Waals surface area contributed by atoms with Gasteiger partial charge >= 0.3 is 6.03 Å². The number of amides is 4. The maximum Gasteiger partial charge on any atom is 0.324 e. The lowest BCUT2D eigenvalue weighted by atomic mass is 10.1. The second-order valence-electron chi connectivity index (χ2n) is 8.15. The molecule has 2 N–H and O–H groups in total. The zero-order valence-electron chi connectivity index (χ0n) is 19.0. The molecule has 178 valence electrons. The van der Waals surface area contributed by atoms with Crippen molar-refractivity contribution in [2.75, 3.05) is 18.6 Å². The molecule has 3 heterocycles. The molecule has 2 aromatic heterocycles. The van der Waals surface area contributed by atoms with E-state index >= 15 is 0 Å². The number of nitrogens with one attached hydrogen (secondary N) is 2. The number of hydrogen-bond acceptors (Lipinski definition) is 6. The summed E-state index contributed by atoms with van der Waals surface area (Å²) < 4.78 is 1.87. The molecule has 2 atom stereocenters. The second kappa shape index (κ2) is 11.1. The van der Waals surface area contributed by atoms with Gasteiger partial charge in [-0.05, 0) is 49.0 Å². The summed E-state index contributed by atoms with van der Waals surface area (Å²) in [5.41, 5.74) is 1.78. The van der Waals surface area contributed by atoms with Crippen LogP contribution in [0.3, 0.4) is 0 Å². The highest BCUT2D eigenvalue weighted by Gasteiger charge is 2.37. The van der Waals surface area contributed by atoms with Crippen LogP contribution >= 0.6 is 11.8 Å². The first kappa shape index (κ1) is 23.7. The lowest BCUT2D eigenvalue weighted by Gasteiger charge is -2.17. The number of carbonyl (C=O) groups excluding carboxylic acids is 3.